The molecule has 0 saturated carbocycles. The van der Waals surface area contributed by atoms with Crippen LogP contribution in [0.1, 0.15) is 73.7 Å². The molecule has 0 radical (unpaired) electrons. The predicted molar refractivity (Wildman–Crippen MR) is 140 cm³/mol. The fourth-order valence-electron chi connectivity index (χ4n) is 5.25. The van der Waals surface area contributed by atoms with E-state index in [-0.39, 0.29) is 47.4 Å². The van der Waals surface area contributed by atoms with Gasteiger partial charge < -0.3 is 15.1 Å². The summed E-state index contributed by atoms with van der Waals surface area (Å²) in [6.07, 6.45) is 4.04. The Bertz CT molecular complexity index is 1170. The van der Waals surface area contributed by atoms with E-state index in [1.807, 2.05) is 26.0 Å². The molecule has 1 aromatic carbocycles. The van der Waals surface area contributed by atoms with E-state index in [1.54, 1.807) is 40.3 Å². The first-order chi connectivity index (χ1) is 17.5. The molecule has 3 heterocycles. The Labute approximate surface area is 218 Å². The minimum Gasteiger partial charge on any atom is -0.340 e. The third-order valence-electron chi connectivity index (χ3n) is 7.20. The molecule has 2 aromatic rings. The molecule has 37 heavy (non-hydrogen) atoms. The second kappa shape index (κ2) is 10.4. The molecule has 0 bridgehead atoms. The first-order valence-corrected chi connectivity index (χ1v) is 12.9. The summed E-state index contributed by atoms with van der Waals surface area (Å²) in [5, 5.41) is 2.92. The number of pyridine rings is 1. The first-order valence-electron chi connectivity index (χ1n) is 12.9. The highest BCUT2D eigenvalue weighted by molar-refractivity contribution is 6.03. The van der Waals surface area contributed by atoms with Crippen LogP contribution in [0.5, 0.6) is 0 Å². The molecule has 2 saturated heterocycles. The van der Waals surface area contributed by atoms with Crippen LogP contribution in [-0.2, 0) is 15.0 Å². The van der Waals surface area contributed by atoms with Crippen molar-refractivity contribution in [3.63, 3.8) is 0 Å². The van der Waals surface area contributed by atoms with Crippen molar-refractivity contribution in [2.24, 2.45) is 5.92 Å². The summed E-state index contributed by atoms with van der Waals surface area (Å²) >= 11 is 0. The molecule has 0 unspecified atom stereocenters. The number of carbonyl (C=O) groups excluding carboxylic acids is 4. The van der Waals surface area contributed by atoms with Gasteiger partial charge in [0.2, 0.25) is 5.91 Å². The lowest BCUT2D eigenvalue weighted by atomic mass is 9.86. The van der Waals surface area contributed by atoms with Crippen molar-refractivity contribution in [3.05, 3.63) is 65.5 Å². The fraction of sp³-hybridized carbons (Fsp3) is 0.483. The Morgan fingerprint density at radius 3 is 2.35 bits per heavy atom. The molecule has 4 rings (SSSR count). The maximum Gasteiger partial charge on any atom is 0.256 e. The largest absolute Gasteiger partial charge is 0.340 e. The molecule has 8 nitrogen and oxygen atoms in total. The third-order valence-corrected chi connectivity index (χ3v) is 7.20. The topological polar surface area (TPSA) is 99.7 Å². The number of fused-ring (bicyclic) bond motifs is 1. The molecule has 8 heteroatoms. The lowest BCUT2D eigenvalue weighted by Gasteiger charge is -2.29. The van der Waals surface area contributed by atoms with Gasteiger partial charge in [-0.2, -0.15) is 0 Å². The molecule has 3 amide bonds. The molecule has 0 aliphatic carbocycles. The number of carbonyl (C=O) groups is 4. The van der Waals surface area contributed by atoms with Crippen LogP contribution in [0.3, 0.4) is 0 Å². The van der Waals surface area contributed by atoms with Crippen molar-refractivity contribution in [2.75, 3.05) is 13.1 Å². The Kier molecular flexibility index (Phi) is 7.48. The second-order valence-corrected chi connectivity index (χ2v) is 11.5. The summed E-state index contributed by atoms with van der Waals surface area (Å²) in [7, 11) is 0. The number of ketones is 1. The van der Waals surface area contributed by atoms with Crippen molar-refractivity contribution in [1.82, 2.24) is 20.1 Å². The van der Waals surface area contributed by atoms with Gasteiger partial charge in [0.15, 0.2) is 5.78 Å². The van der Waals surface area contributed by atoms with Gasteiger partial charge in [0.05, 0.1) is 18.2 Å². The third kappa shape index (κ3) is 5.58. The number of hydrogen-bond donors (Lipinski definition) is 1. The van der Waals surface area contributed by atoms with Gasteiger partial charge in [-0.3, -0.25) is 24.2 Å². The highest BCUT2D eigenvalue weighted by atomic mass is 16.2. The van der Waals surface area contributed by atoms with E-state index < -0.39 is 12.1 Å². The predicted octanol–water partition coefficient (Wildman–Crippen LogP) is 3.22. The molecule has 3 atom stereocenters. The Morgan fingerprint density at radius 1 is 1.05 bits per heavy atom. The molecular formula is C29H36N4O4. The Balaban J connectivity index is 1.50. The molecular weight excluding hydrogens is 468 g/mol. The minimum atomic E-state index is -0.760. The lowest BCUT2D eigenvalue weighted by molar-refractivity contribution is -0.138. The SMILES string of the molecule is CC(C)C[C@H](NC(=O)c1ccc(C(C)(C)C)cc1)C(=O)N1CC[C@@H]2[C@H]1C(=O)CN2C(=O)c1cccnc1. The van der Waals surface area contributed by atoms with E-state index in [0.29, 0.717) is 30.5 Å². The van der Waals surface area contributed by atoms with Gasteiger partial charge in [-0.05, 0) is 54.0 Å². The summed E-state index contributed by atoms with van der Waals surface area (Å²) in [6, 6.07) is 8.97. The number of amides is 3. The fourth-order valence-corrected chi connectivity index (χ4v) is 5.25. The van der Waals surface area contributed by atoms with E-state index >= 15 is 0 Å². The molecule has 2 fully saturated rings. The van der Waals surface area contributed by atoms with Crippen LogP contribution in [0.4, 0.5) is 0 Å². The smallest absolute Gasteiger partial charge is 0.256 e. The zero-order valence-electron chi connectivity index (χ0n) is 22.2. The molecule has 1 N–H and O–H groups in total. The maximum atomic E-state index is 13.7. The van der Waals surface area contributed by atoms with Crippen molar-refractivity contribution in [3.8, 4) is 0 Å². The van der Waals surface area contributed by atoms with Crippen LogP contribution in [0, 0.1) is 5.92 Å². The highest BCUT2D eigenvalue weighted by Crippen LogP contribution is 2.32. The van der Waals surface area contributed by atoms with Crippen molar-refractivity contribution < 1.29 is 19.2 Å². The van der Waals surface area contributed by atoms with Gasteiger partial charge in [-0.25, -0.2) is 0 Å². The molecule has 0 spiro atoms. The molecule has 2 aliphatic rings. The van der Waals surface area contributed by atoms with Crippen LogP contribution in [0.2, 0.25) is 0 Å². The van der Waals surface area contributed by atoms with Crippen LogP contribution in [0.15, 0.2) is 48.8 Å². The summed E-state index contributed by atoms with van der Waals surface area (Å²) in [5.74, 6) is -0.848. The normalized spacial score (nSPS) is 20.2. The quantitative estimate of drug-likeness (QED) is 0.651. The van der Waals surface area contributed by atoms with E-state index in [2.05, 4.69) is 31.1 Å². The summed E-state index contributed by atoms with van der Waals surface area (Å²) < 4.78 is 0. The van der Waals surface area contributed by atoms with E-state index in [0.717, 1.165) is 5.56 Å². The maximum absolute atomic E-state index is 13.7. The van der Waals surface area contributed by atoms with Crippen LogP contribution in [0.25, 0.3) is 0 Å². The number of rotatable bonds is 6. The molecule has 1 aromatic heterocycles. The standard InChI is InChI=1S/C29H36N4O4/c1-18(2)15-22(31-26(35)19-8-10-21(11-9-19)29(3,4)5)28(37)32-14-12-23-25(32)24(34)17-33(23)27(36)20-7-6-13-30-16-20/h6-11,13,16,18,22-23,25H,12,14-15,17H2,1-5H3,(H,31,35)/t22-,23+,25-/m0/s1. The Morgan fingerprint density at radius 2 is 1.76 bits per heavy atom. The number of nitrogens with one attached hydrogen (secondary N) is 1. The van der Waals surface area contributed by atoms with Gasteiger partial charge in [0.1, 0.15) is 12.1 Å². The summed E-state index contributed by atoms with van der Waals surface area (Å²) in [6.45, 7) is 10.6. The Hall–Kier alpha value is -3.55. The summed E-state index contributed by atoms with van der Waals surface area (Å²) in [5.41, 5.74) is 1.99. The number of benzene rings is 1. The minimum absolute atomic E-state index is 0.0302. The van der Waals surface area contributed by atoms with Crippen molar-refractivity contribution >= 4 is 23.5 Å². The average molecular weight is 505 g/mol. The van der Waals surface area contributed by atoms with Crippen molar-refractivity contribution in [2.45, 2.75) is 71.0 Å². The zero-order valence-corrected chi connectivity index (χ0v) is 22.2. The molecule has 2 aliphatic heterocycles. The van der Waals surface area contributed by atoms with Crippen LogP contribution >= 0.6 is 0 Å². The van der Waals surface area contributed by atoms with Crippen LogP contribution < -0.4 is 5.32 Å². The van der Waals surface area contributed by atoms with Gasteiger partial charge in [-0.1, -0.05) is 46.8 Å². The van der Waals surface area contributed by atoms with Gasteiger partial charge in [0, 0.05) is 24.5 Å². The number of aromatic nitrogens is 1. The monoisotopic (exact) mass is 504 g/mol. The van der Waals surface area contributed by atoms with Crippen molar-refractivity contribution in [1.29, 1.82) is 0 Å². The first kappa shape index (κ1) is 26.5. The van der Waals surface area contributed by atoms with Gasteiger partial charge in [0.25, 0.3) is 11.8 Å². The highest BCUT2D eigenvalue weighted by Gasteiger charge is 2.52. The number of likely N-dealkylation sites (tertiary alicyclic amines) is 2. The average Bonchev–Trinajstić information content (AvgIpc) is 3.44. The van der Waals surface area contributed by atoms with E-state index in [1.165, 1.54) is 6.20 Å². The van der Waals surface area contributed by atoms with Gasteiger partial charge in [-0.15, -0.1) is 0 Å². The number of Topliss-reactive ketones (excluding diaryl/α,β-unsaturated/α-hetero) is 1. The van der Waals surface area contributed by atoms with Gasteiger partial charge >= 0.3 is 0 Å². The zero-order chi connectivity index (χ0) is 26.9. The summed E-state index contributed by atoms with van der Waals surface area (Å²) in [4.78, 5) is 60.0. The second-order valence-electron chi connectivity index (χ2n) is 11.5. The molecule has 196 valence electrons. The van der Waals surface area contributed by atoms with Crippen LogP contribution in [-0.4, -0.2) is 69.5 Å². The number of hydrogen-bond acceptors (Lipinski definition) is 5. The van der Waals surface area contributed by atoms with E-state index in [4.69, 9.17) is 0 Å². The number of nitrogens with zero attached hydrogens (tertiary/aromatic N) is 3. The van der Waals surface area contributed by atoms with E-state index in [9.17, 15) is 19.2 Å². The lowest BCUT2D eigenvalue weighted by Crippen LogP contribution is -2.53.